The molecule has 0 aliphatic rings. The molecule has 0 spiro atoms. The van der Waals surface area contributed by atoms with Crippen LogP contribution in [0.25, 0.3) is 0 Å². The zero-order valence-corrected chi connectivity index (χ0v) is 7.46. The largest absolute Gasteiger partial charge is 0.187 e. The summed E-state index contributed by atoms with van der Waals surface area (Å²) in [6.45, 7) is 0. The standard InChI is InChI=1S/Al.Au.B.Fe.Zr.3H. The Hall–Kier alpha value is 2.74. The maximum absolute atomic E-state index is 0. The zero-order valence-electron chi connectivity index (χ0n) is 1.73. The van der Waals surface area contributed by atoms with Crippen LogP contribution in [-0.4, -0.2) is 25.8 Å². The first-order valence-corrected chi connectivity index (χ1v) is 0. The van der Waals surface area contributed by atoms with Crippen LogP contribution in [0.1, 0.15) is 0 Å². The molecule has 0 unspecified atom stereocenters. The van der Waals surface area contributed by atoms with Crippen LogP contribution >= 0.6 is 0 Å². The molecule has 0 bridgehead atoms. The third kappa shape index (κ3) is 20.2. The van der Waals surface area contributed by atoms with Gasteiger partial charge in [-0.05, 0) is 0 Å². The van der Waals surface area contributed by atoms with E-state index in [-0.39, 0.29) is 91.4 Å². The fraction of sp³-hybridized carbons (Fsp3) is 0. The average Bonchev–Trinajstić information content (AvgIpc) is 0. The summed E-state index contributed by atoms with van der Waals surface area (Å²) in [5.74, 6) is 0. The Kier molecular flexibility index (Phi) is 277. The Bertz CT molecular complexity index is 11.6. The van der Waals surface area contributed by atoms with E-state index in [0.717, 1.165) is 0 Å². The van der Waals surface area contributed by atoms with Crippen molar-refractivity contribution in [1.82, 2.24) is 0 Å². The summed E-state index contributed by atoms with van der Waals surface area (Å²) in [6.07, 6.45) is 0. The smallest absolute Gasteiger partial charge is 0 e. The Labute approximate surface area is 90.0 Å². The van der Waals surface area contributed by atoms with E-state index >= 15 is 0 Å². The van der Waals surface area contributed by atoms with Gasteiger partial charge in [0.25, 0.3) is 0 Å². The van der Waals surface area contributed by atoms with Gasteiger partial charge in [0, 0.05) is 74.1 Å². The van der Waals surface area contributed by atoms with Crippen molar-refractivity contribution in [2.24, 2.45) is 0 Å². The Balaban J connectivity index is 0. The monoisotopic (exact) mass is 384 g/mol. The Morgan fingerprint density at radius 3 is 1.00 bits per heavy atom. The van der Waals surface area contributed by atoms with Crippen LogP contribution in [0.3, 0.4) is 0 Å². The third-order valence-corrected chi connectivity index (χ3v) is 0. The van der Waals surface area contributed by atoms with Crippen molar-refractivity contribution < 1.29 is 65.7 Å². The summed E-state index contributed by atoms with van der Waals surface area (Å²) in [6, 6.07) is 0. The van der Waals surface area contributed by atoms with Crippen LogP contribution in [0.2, 0.25) is 0 Å². The maximum Gasteiger partial charge on any atom is 0.187 e. The minimum Gasteiger partial charge on any atom is 0 e. The number of hydrogen-bond acceptors (Lipinski definition) is 0. The topological polar surface area (TPSA) is 0 Å². The molecular formula is H3AlAuBFeZr. The predicted octanol–water partition coefficient (Wildman–Crippen LogP) is -1.57. The van der Waals surface area contributed by atoms with Crippen molar-refractivity contribution in [2.45, 2.75) is 0 Å². The summed E-state index contributed by atoms with van der Waals surface area (Å²) in [5.41, 5.74) is 0. The van der Waals surface area contributed by atoms with Gasteiger partial charge in [0.2, 0.25) is 0 Å². The molecule has 0 aromatic heterocycles. The van der Waals surface area contributed by atoms with E-state index < -0.39 is 0 Å². The molecule has 0 saturated heterocycles. The van der Waals surface area contributed by atoms with E-state index in [0.29, 0.717) is 0 Å². The summed E-state index contributed by atoms with van der Waals surface area (Å²) >= 11 is 0. The quantitative estimate of drug-likeness (QED) is 0.443. The van der Waals surface area contributed by atoms with Crippen molar-refractivity contribution in [3.8, 4) is 0 Å². The molecule has 0 N–H and O–H groups in total. The normalized spacial score (nSPS) is 0. The van der Waals surface area contributed by atoms with Gasteiger partial charge in [-0.25, -0.2) is 0 Å². The van der Waals surface area contributed by atoms with E-state index in [1.807, 2.05) is 0 Å². The summed E-state index contributed by atoms with van der Waals surface area (Å²) in [7, 11) is 0. The summed E-state index contributed by atoms with van der Waals surface area (Å²) in [4.78, 5) is 0. The molecule has 0 aromatic rings. The Morgan fingerprint density at radius 1 is 1.00 bits per heavy atom. The average molecular weight is 385 g/mol. The van der Waals surface area contributed by atoms with Gasteiger partial charge < -0.3 is 0 Å². The van der Waals surface area contributed by atoms with Gasteiger partial charge in [-0.15, -0.1) is 0 Å². The van der Waals surface area contributed by atoms with Crippen LogP contribution in [0.4, 0.5) is 0 Å². The van der Waals surface area contributed by atoms with Gasteiger partial charge in [0.05, 0.1) is 0 Å². The molecule has 0 amide bonds. The molecule has 0 aromatic carbocycles. The molecule has 5 heteroatoms. The molecule has 0 fully saturated rings. The van der Waals surface area contributed by atoms with Crippen LogP contribution in [-0.2, 0) is 65.7 Å². The number of hydrogen-bond donors (Lipinski definition) is 0. The van der Waals surface area contributed by atoms with E-state index in [4.69, 9.17) is 0 Å². The first-order chi connectivity index (χ1) is 0. The third-order valence-electron chi connectivity index (χ3n) is 0. The van der Waals surface area contributed by atoms with E-state index in [2.05, 4.69) is 0 Å². The summed E-state index contributed by atoms with van der Waals surface area (Å²) in [5, 5.41) is 0. The van der Waals surface area contributed by atoms with Crippen LogP contribution in [0, 0.1) is 0 Å². The summed E-state index contributed by atoms with van der Waals surface area (Å²) < 4.78 is 0. The molecule has 0 heterocycles. The predicted molar refractivity (Wildman–Crippen MR) is 15.7 cm³/mol. The SMILES string of the molecule is [AlH3].[Au].[B].[Fe].[Zr]. The van der Waals surface area contributed by atoms with E-state index in [1.54, 1.807) is 0 Å². The van der Waals surface area contributed by atoms with Gasteiger partial charge in [-0.2, -0.15) is 0 Å². The van der Waals surface area contributed by atoms with Gasteiger partial charge >= 0.3 is 0 Å². The second-order valence-corrected chi connectivity index (χ2v) is 0. The Morgan fingerprint density at radius 2 is 1.00 bits per heavy atom. The zero-order chi connectivity index (χ0) is 0. The molecule has 5 heavy (non-hydrogen) atoms. The van der Waals surface area contributed by atoms with Crippen LogP contribution < -0.4 is 0 Å². The van der Waals surface area contributed by atoms with Crippen LogP contribution in [0.5, 0.6) is 0 Å². The number of rotatable bonds is 0. The van der Waals surface area contributed by atoms with Crippen molar-refractivity contribution in [3.63, 3.8) is 0 Å². The molecule has 0 atom stereocenters. The first-order valence-electron chi connectivity index (χ1n) is 0. The maximum atomic E-state index is 0. The van der Waals surface area contributed by atoms with Crippen LogP contribution in [0.15, 0.2) is 0 Å². The van der Waals surface area contributed by atoms with Gasteiger partial charge in [0.1, 0.15) is 0 Å². The fourth-order valence-corrected chi connectivity index (χ4v) is 0. The second-order valence-electron chi connectivity index (χ2n) is 0. The fourth-order valence-electron chi connectivity index (χ4n) is 0. The van der Waals surface area contributed by atoms with Gasteiger partial charge in [-0.1, -0.05) is 0 Å². The minimum atomic E-state index is 0. The molecular weight excluding hydrogens is 382 g/mol. The molecule has 0 saturated carbocycles. The minimum absolute atomic E-state index is 0. The van der Waals surface area contributed by atoms with Crippen molar-refractivity contribution in [2.75, 3.05) is 0 Å². The molecule has 0 rings (SSSR count). The van der Waals surface area contributed by atoms with Gasteiger partial charge in [0.15, 0.2) is 17.4 Å². The molecule has 32 valence electrons. The van der Waals surface area contributed by atoms with Crippen molar-refractivity contribution in [3.05, 3.63) is 0 Å². The van der Waals surface area contributed by atoms with Gasteiger partial charge in [-0.3, -0.25) is 0 Å². The van der Waals surface area contributed by atoms with Crippen molar-refractivity contribution >= 4 is 25.8 Å². The second kappa shape index (κ2) is 29.6. The van der Waals surface area contributed by atoms with E-state index in [9.17, 15) is 0 Å². The van der Waals surface area contributed by atoms with E-state index in [1.165, 1.54) is 0 Å². The molecule has 0 aliphatic carbocycles. The molecule has 4 radical (unpaired) electrons. The van der Waals surface area contributed by atoms with Crippen molar-refractivity contribution in [1.29, 1.82) is 0 Å². The molecule has 0 nitrogen and oxygen atoms in total. The molecule has 0 aliphatic heterocycles. The first kappa shape index (κ1) is 46.8.